The number of carbonyl (C=O) groups is 1. The molecule has 0 bridgehead atoms. The third kappa shape index (κ3) is 3.88. The van der Waals surface area contributed by atoms with Gasteiger partial charge in [0.1, 0.15) is 5.75 Å². The molecule has 19 heavy (non-hydrogen) atoms. The van der Waals surface area contributed by atoms with Crippen LogP contribution < -0.4 is 11.1 Å². The molecule has 1 atom stereocenters. The zero-order valence-electron chi connectivity index (χ0n) is 10.9. The molecule has 1 saturated carbocycles. The van der Waals surface area contributed by atoms with Gasteiger partial charge in [-0.2, -0.15) is 0 Å². The van der Waals surface area contributed by atoms with E-state index in [4.69, 9.17) is 5.73 Å². The fraction of sp³-hybridized carbons (Fsp3) is 0.500. The van der Waals surface area contributed by atoms with Crippen molar-refractivity contribution >= 4 is 22.4 Å². The summed E-state index contributed by atoms with van der Waals surface area (Å²) in [5.74, 6) is -0.102. The Labute approximate surface area is 116 Å². The monoisotopic (exact) mass is 280 g/mol. The zero-order valence-corrected chi connectivity index (χ0v) is 11.7. The molecule has 1 aromatic carbocycles. The number of rotatable bonds is 5. The van der Waals surface area contributed by atoms with Crippen molar-refractivity contribution in [1.82, 2.24) is 0 Å². The highest BCUT2D eigenvalue weighted by atomic mass is 32.2. The molecular weight excluding hydrogens is 260 g/mol. The maximum Gasteiger partial charge on any atom is 0.237 e. The second-order valence-electron chi connectivity index (χ2n) is 4.84. The molecule has 1 aliphatic rings. The Morgan fingerprint density at radius 1 is 1.32 bits per heavy atom. The van der Waals surface area contributed by atoms with Crippen LogP contribution in [0.3, 0.4) is 0 Å². The first-order valence-electron chi connectivity index (χ1n) is 6.65. The van der Waals surface area contributed by atoms with Crippen LogP contribution in [0.5, 0.6) is 0 Å². The molecule has 3 N–H and O–H groups in total. The van der Waals surface area contributed by atoms with E-state index in [9.17, 15) is 9.00 Å². The molecule has 5 heteroatoms. The van der Waals surface area contributed by atoms with Crippen molar-refractivity contribution in [2.24, 2.45) is 5.73 Å². The number of anilines is 1. The van der Waals surface area contributed by atoms with Crippen molar-refractivity contribution in [1.29, 1.82) is 0 Å². The minimum Gasteiger partial charge on any atom is -0.326 e. The molecule has 0 aliphatic heterocycles. The number of carbonyl (C=O) groups excluding carboxylic acids is 1. The van der Waals surface area contributed by atoms with Crippen molar-refractivity contribution in [3.63, 3.8) is 0 Å². The molecule has 1 aliphatic carbocycles. The summed E-state index contributed by atoms with van der Waals surface area (Å²) >= 11 is 0. The van der Waals surface area contributed by atoms with Crippen molar-refractivity contribution in [2.45, 2.75) is 37.5 Å². The summed E-state index contributed by atoms with van der Waals surface area (Å²) in [6.45, 7) is 0.377. The van der Waals surface area contributed by atoms with Crippen LogP contribution in [0.25, 0.3) is 0 Å². The lowest BCUT2D eigenvalue weighted by Gasteiger charge is -2.11. The van der Waals surface area contributed by atoms with E-state index < -0.39 is 10.8 Å². The van der Waals surface area contributed by atoms with Crippen LogP contribution in [0.15, 0.2) is 24.3 Å². The van der Waals surface area contributed by atoms with Crippen molar-refractivity contribution in [3.8, 4) is 0 Å². The minimum absolute atomic E-state index is 0.0869. The Kier molecular flexibility index (Phi) is 5.10. The van der Waals surface area contributed by atoms with Gasteiger partial charge >= 0.3 is 0 Å². The van der Waals surface area contributed by atoms with Crippen LogP contribution in [0.1, 0.15) is 31.2 Å². The van der Waals surface area contributed by atoms with E-state index in [0.29, 0.717) is 6.54 Å². The molecule has 104 valence electrons. The van der Waals surface area contributed by atoms with Gasteiger partial charge in [-0.25, -0.2) is 0 Å². The summed E-state index contributed by atoms with van der Waals surface area (Å²) in [7, 11) is -1.05. The molecule has 0 spiro atoms. The van der Waals surface area contributed by atoms with Gasteiger partial charge in [0.25, 0.3) is 0 Å². The lowest BCUT2D eigenvalue weighted by Crippen LogP contribution is -2.25. The van der Waals surface area contributed by atoms with E-state index in [0.717, 1.165) is 36.9 Å². The average molecular weight is 280 g/mol. The summed E-state index contributed by atoms with van der Waals surface area (Å²) in [5.41, 5.74) is 7.23. The standard InChI is InChI=1S/C14H20N2O2S/c15-9-11-5-1-4-8-13(11)16-14(17)10-19(18)12-6-2-3-7-12/h1,4-5,8,12H,2-3,6-7,9-10,15H2,(H,16,17). The van der Waals surface area contributed by atoms with Crippen LogP contribution in [0.2, 0.25) is 0 Å². The third-order valence-corrected chi connectivity index (χ3v) is 5.22. The van der Waals surface area contributed by atoms with Crippen molar-refractivity contribution in [2.75, 3.05) is 11.1 Å². The van der Waals surface area contributed by atoms with Gasteiger partial charge in [0.2, 0.25) is 5.91 Å². The summed E-state index contributed by atoms with van der Waals surface area (Å²) in [6, 6.07) is 7.43. The highest BCUT2D eigenvalue weighted by molar-refractivity contribution is 7.86. The second kappa shape index (κ2) is 6.82. The summed E-state index contributed by atoms with van der Waals surface area (Å²) in [4.78, 5) is 11.9. The Balaban J connectivity index is 1.91. The quantitative estimate of drug-likeness (QED) is 0.863. The molecule has 0 aromatic heterocycles. The molecule has 1 unspecified atom stereocenters. The molecule has 0 radical (unpaired) electrons. The van der Waals surface area contributed by atoms with Gasteiger partial charge in [0.05, 0.1) is 0 Å². The topological polar surface area (TPSA) is 72.2 Å². The summed E-state index contributed by atoms with van der Waals surface area (Å²) in [5, 5.41) is 3.01. The first-order valence-corrected chi connectivity index (χ1v) is 8.04. The third-order valence-electron chi connectivity index (χ3n) is 3.46. The van der Waals surface area contributed by atoms with E-state index >= 15 is 0 Å². The minimum atomic E-state index is -1.05. The molecule has 1 aromatic rings. The highest BCUT2D eigenvalue weighted by Crippen LogP contribution is 2.23. The van der Waals surface area contributed by atoms with Crippen molar-refractivity contribution < 1.29 is 9.00 Å². The van der Waals surface area contributed by atoms with Gasteiger partial charge in [0.15, 0.2) is 0 Å². The van der Waals surface area contributed by atoms with Crippen LogP contribution in [-0.4, -0.2) is 21.1 Å². The molecule has 1 fully saturated rings. The molecule has 4 nitrogen and oxygen atoms in total. The van der Waals surface area contributed by atoms with Gasteiger partial charge in [-0.1, -0.05) is 31.0 Å². The van der Waals surface area contributed by atoms with Crippen molar-refractivity contribution in [3.05, 3.63) is 29.8 Å². The van der Waals surface area contributed by atoms with Crippen LogP contribution in [0, 0.1) is 0 Å². The Morgan fingerprint density at radius 2 is 2.00 bits per heavy atom. The largest absolute Gasteiger partial charge is 0.326 e. The molecule has 0 heterocycles. The van der Waals surface area contributed by atoms with Gasteiger partial charge in [-0.15, -0.1) is 0 Å². The first kappa shape index (κ1) is 14.2. The van der Waals surface area contributed by atoms with Gasteiger partial charge in [-0.05, 0) is 24.5 Å². The van der Waals surface area contributed by atoms with E-state index in [1.54, 1.807) is 0 Å². The molecule has 2 rings (SSSR count). The van der Waals surface area contributed by atoms with Gasteiger partial charge in [-0.3, -0.25) is 9.00 Å². The number of para-hydroxylation sites is 1. The van der Waals surface area contributed by atoms with Gasteiger partial charge < -0.3 is 11.1 Å². The van der Waals surface area contributed by atoms with Crippen LogP contribution >= 0.6 is 0 Å². The SMILES string of the molecule is NCc1ccccc1NC(=O)CS(=O)C1CCCC1. The Hall–Kier alpha value is -1.20. The highest BCUT2D eigenvalue weighted by Gasteiger charge is 2.23. The van der Waals surface area contributed by atoms with Crippen LogP contribution in [-0.2, 0) is 22.1 Å². The van der Waals surface area contributed by atoms with Gasteiger partial charge in [0, 0.05) is 28.3 Å². The fourth-order valence-corrected chi connectivity index (χ4v) is 3.83. The maximum atomic E-state index is 12.0. The number of nitrogens with two attached hydrogens (primary N) is 1. The number of benzene rings is 1. The molecule has 0 saturated heterocycles. The first-order chi connectivity index (χ1) is 9.20. The summed E-state index contributed by atoms with van der Waals surface area (Å²) < 4.78 is 12.0. The van der Waals surface area contributed by atoms with E-state index in [1.807, 2.05) is 24.3 Å². The normalized spacial score (nSPS) is 17.3. The second-order valence-corrected chi connectivity index (χ2v) is 6.56. The predicted molar refractivity (Wildman–Crippen MR) is 78.2 cm³/mol. The lowest BCUT2D eigenvalue weighted by atomic mass is 10.2. The Bertz CT molecular complexity index is 470. The summed E-state index contributed by atoms with van der Waals surface area (Å²) in [6.07, 6.45) is 4.24. The number of hydrogen-bond acceptors (Lipinski definition) is 3. The molecular formula is C14H20N2O2S. The van der Waals surface area contributed by atoms with Crippen LogP contribution in [0.4, 0.5) is 5.69 Å². The zero-order chi connectivity index (χ0) is 13.7. The maximum absolute atomic E-state index is 12.0. The Morgan fingerprint density at radius 3 is 2.68 bits per heavy atom. The number of amides is 1. The van der Waals surface area contributed by atoms with E-state index in [2.05, 4.69) is 5.32 Å². The smallest absolute Gasteiger partial charge is 0.237 e. The predicted octanol–water partition coefficient (Wildman–Crippen LogP) is 1.78. The average Bonchev–Trinajstić information content (AvgIpc) is 2.93. The van der Waals surface area contributed by atoms with E-state index in [-0.39, 0.29) is 16.9 Å². The number of hydrogen-bond donors (Lipinski definition) is 2. The fourth-order valence-electron chi connectivity index (χ4n) is 2.40. The lowest BCUT2D eigenvalue weighted by molar-refractivity contribution is -0.113. The molecule has 1 amide bonds. The number of nitrogens with one attached hydrogen (secondary N) is 1. The van der Waals surface area contributed by atoms with E-state index in [1.165, 1.54) is 0 Å².